The van der Waals surface area contributed by atoms with Gasteiger partial charge < -0.3 is 4.74 Å². The highest BCUT2D eigenvalue weighted by molar-refractivity contribution is 7.89. The highest BCUT2D eigenvalue weighted by Crippen LogP contribution is 2.67. The van der Waals surface area contributed by atoms with E-state index in [2.05, 4.69) is 46.0 Å². The topological polar surface area (TPSA) is 75.7 Å². The van der Waals surface area contributed by atoms with Crippen molar-refractivity contribution in [1.29, 1.82) is 0 Å². The maximum absolute atomic E-state index is 13.1. The molecule has 1 aromatic carbocycles. The van der Waals surface area contributed by atoms with Crippen LogP contribution in [-0.4, -0.2) is 38.0 Å². The Kier molecular flexibility index (Phi) is 11.6. The van der Waals surface area contributed by atoms with Crippen molar-refractivity contribution in [3.8, 4) is 0 Å². The molecule has 5 rings (SSSR count). The normalized spacial score (nSPS) is 32.7. The molecule has 1 aromatic rings. The third kappa shape index (κ3) is 7.51. The lowest BCUT2D eigenvalue weighted by Gasteiger charge is -2.58. The van der Waals surface area contributed by atoms with E-state index < -0.39 is 16.1 Å². The first-order valence-corrected chi connectivity index (χ1v) is 20.5. The van der Waals surface area contributed by atoms with Crippen molar-refractivity contribution in [2.75, 3.05) is 18.4 Å². The third-order valence-corrected chi connectivity index (χ3v) is 15.1. The number of sulfonamides is 1. The molecule has 7 heteroatoms. The number of hydrogen-bond acceptors (Lipinski definition) is 4. The number of benzene rings is 1. The van der Waals surface area contributed by atoms with Crippen LogP contribution in [0.4, 0.5) is 10.5 Å². The average Bonchev–Trinajstić information content (AvgIpc) is 3.38. The molecule has 4 aliphatic carbocycles. The predicted molar refractivity (Wildman–Crippen MR) is 193 cm³/mol. The fraction of sp³-hybridized carbons (Fsp3) is 0.775. The first-order chi connectivity index (χ1) is 22.3. The van der Waals surface area contributed by atoms with Crippen LogP contribution in [0.25, 0.3) is 0 Å². The second-order valence-corrected chi connectivity index (χ2v) is 18.6. The zero-order chi connectivity index (χ0) is 34.0. The Bertz CT molecular complexity index is 1350. The molecule has 0 heterocycles. The molecule has 0 aromatic heterocycles. The number of fused-ring (bicyclic) bond motifs is 5. The van der Waals surface area contributed by atoms with Gasteiger partial charge in [-0.05, 0) is 128 Å². The maximum Gasteiger partial charge on any atom is 0.411 e. The molecule has 264 valence electrons. The van der Waals surface area contributed by atoms with Gasteiger partial charge in [-0.1, -0.05) is 79.4 Å². The molecule has 0 spiro atoms. The van der Waals surface area contributed by atoms with Gasteiger partial charge in [0.05, 0.1) is 4.90 Å². The van der Waals surface area contributed by atoms with Crippen LogP contribution in [0.2, 0.25) is 0 Å². The number of carbonyl (C=O) groups excluding carboxylic acids is 1. The summed E-state index contributed by atoms with van der Waals surface area (Å²) < 4.78 is 33.7. The molecule has 0 aliphatic heterocycles. The number of amides is 1. The standard InChI is InChI=1S/C40H64N2O4S/c1-8-25-42(26-9-2)47(44,45)33-16-14-31(15-17-33)41-38(43)46-32-21-23-39(6)30(27-32)13-18-34-36-20-19-35(29(5)12-10-11-28(3)4)40(36,7)24-22-37(34)39/h13-17,28-29,32,34-37H,8-12,18-27H2,1-7H3,(H,41,43). The maximum atomic E-state index is 13.1. The van der Waals surface area contributed by atoms with Crippen molar-refractivity contribution in [2.24, 2.45) is 46.3 Å². The number of nitrogens with one attached hydrogen (secondary N) is 1. The largest absolute Gasteiger partial charge is 0.446 e. The van der Waals surface area contributed by atoms with E-state index >= 15 is 0 Å². The van der Waals surface area contributed by atoms with Crippen molar-refractivity contribution in [3.63, 3.8) is 0 Å². The Morgan fingerprint density at radius 3 is 2.32 bits per heavy atom. The summed E-state index contributed by atoms with van der Waals surface area (Å²) in [6, 6.07) is 6.47. The van der Waals surface area contributed by atoms with Gasteiger partial charge in [0.1, 0.15) is 6.10 Å². The second-order valence-electron chi connectivity index (χ2n) is 16.6. The molecule has 0 radical (unpaired) electrons. The highest BCUT2D eigenvalue weighted by Gasteiger charge is 2.59. The molecule has 0 saturated heterocycles. The predicted octanol–water partition coefficient (Wildman–Crippen LogP) is 10.5. The van der Waals surface area contributed by atoms with E-state index in [-0.39, 0.29) is 16.4 Å². The summed E-state index contributed by atoms with van der Waals surface area (Å²) in [6.07, 6.45) is 17.1. The monoisotopic (exact) mass is 668 g/mol. The molecule has 6 nitrogen and oxygen atoms in total. The number of nitrogens with zero attached hydrogens (tertiary/aromatic N) is 1. The fourth-order valence-corrected chi connectivity index (χ4v) is 12.4. The summed E-state index contributed by atoms with van der Waals surface area (Å²) in [5, 5.41) is 2.85. The molecule has 47 heavy (non-hydrogen) atoms. The Morgan fingerprint density at radius 2 is 1.66 bits per heavy atom. The molecule has 8 atom stereocenters. The molecule has 3 fully saturated rings. The van der Waals surface area contributed by atoms with Crippen LogP contribution >= 0.6 is 0 Å². The lowest BCUT2D eigenvalue weighted by atomic mass is 9.47. The quantitative estimate of drug-likeness (QED) is 0.212. The number of rotatable bonds is 13. The van der Waals surface area contributed by atoms with Crippen molar-refractivity contribution in [2.45, 2.75) is 143 Å². The molecule has 1 amide bonds. The first kappa shape index (κ1) is 36.4. The second kappa shape index (κ2) is 14.9. The molecule has 8 unspecified atom stereocenters. The number of carbonyl (C=O) groups is 1. The Balaban J connectivity index is 1.17. The molecule has 3 saturated carbocycles. The van der Waals surface area contributed by atoms with Crippen LogP contribution < -0.4 is 5.32 Å². The lowest BCUT2D eigenvalue weighted by Crippen LogP contribution is -2.51. The van der Waals surface area contributed by atoms with Gasteiger partial charge in [-0.3, -0.25) is 5.32 Å². The van der Waals surface area contributed by atoms with Gasteiger partial charge in [0.2, 0.25) is 10.0 Å². The third-order valence-electron chi connectivity index (χ3n) is 13.2. The van der Waals surface area contributed by atoms with Crippen LogP contribution in [-0.2, 0) is 14.8 Å². The molecule has 4 aliphatic rings. The summed E-state index contributed by atoms with van der Waals surface area (Å²) in [5.74, 6) is 4.89. The van der Waals surface area contributed by atoms with Crippen LogP contribution in [0.5, 0.6) is 0 Å². The van der Waals surface area contributed by atoms with Crippen molar-refractivity contribution in [1.82, 2.24) is 4.31 Å². The Hall–Kier alpha value is -1.86. The summed E-state index contributed by atoms with van der Waals surface area (Å²) in [4.78, 5) is 13.2. The van der Waals surface area contributed by atoms with Gasteiger partial charge in [-0.2, -0.15) is 4.31 Å². The van der Waals surface area contributed by atoms with Crippen LogP contribution in [0.3, 0.4) is 0 Å². The number of anilines is 1. The SMILES string of the molecule is CCCN(CCC)S(=O)(=O)c1ccc(NC(=O)OC2CCC3(C)C(=CCC4C3CCC3(C)C(C(C)CCCC(C)C)CCC43)C2)cc1. The lowest BCUT2D eigenvalue weighted by molar-refractivity contribution is -0.0577. The summed E-state index contributed by atoms with van der Waals surface area (Å²) in [6.45, 7) is 17.4. The molecular weight excluding hydrogens is 605 g/mol. The number of hydrogen-bond donors (Lipinski definition) is 1. The smallest absolute Gasteiger partial charge is 0.411 e. The Labute approximate surface area is 286 Å². The van der Waals surface area contributed by atoms with E-state index in [0.29, 0.717) is 24.2 Å². The van der Waals surface area contributed by atoms with Gasteiger partial charge in [-0.25, -0.2) is 13.2 Å². The number of allylic oxidation sites excluding steroid dienone is 1. The van der Waals surface area contributed by atoms with Gasteiger partial charge >= 0.3 is 6.09 Å². The van der Waals surface area contributed by atoms with Gasteiger partial charge in [0, 0.05) is 25.2 Å². The minimum Gasteiger partial charge on any atom is -0.446 e. The van der Waals surface area contributed by atoms with Gasteiger partial charge in [0.15, 0.2) is 0 Å². The summed E-state index contributed by atoms with van der Waals surface area (Å²) in [7, 11) is -3.56. The van der Waals surface area contributed by atoms with Crippen molar-refractivity contribution < 1.29 is 17.9 Å². The van der Waals surface area contributed by atoms with E-state index in [4.69, 9.17) is 4.74 Å². The number of ether oxygens (including phenoxy) is 1. The van der Waals surface area contributed by atoms with E-state index in [0.717, 1.165) is 67.6 Å². The van der Waals surface area contributed by atoms with Crippen LogP contribution in [0, 0.1) is 46.3 Å². The Morgan fingerprint density at radius 1 is 0.957 bits per heavy atom. The van der Waals surface area contributed by atoms with Crippen LogP contribution in [0.1, 0.15) is 132 Å². The fourth-order valence-electron chi connectivity index (χ4n) is 10.8. The highest BCUT2D eigenvalue weighted by atomic mass is 32.2. The van der Waals surface area contributed by atoms with E-state index in [9.17, 15) is 13.2 Å². The molecule has 1 N–H and O–H groups in total. The summed E-state index contributed by atoms with van der Waals surface area (Å²) >= 11 is 0. The van der Waals surface area contributed by atoms with Crippen LogP contribution in [0.15, 0.2) is 40.8 Å². The minimum absolute atomic E-state index is 0.126. The average molecular weight is 669 g/mol. The zero-order valence-electron chi connectivity index (χ0n) is 30.5. The first-order valence-electron chi connectivity index (χ1n) is 19.1. The van der Waals surface area contributed by atoms with E-state index in [1.807, 2.05) is 13.8 Å². The van der Waals surface area contributed by atoms with E-state index in [1.54, 1.807) is 24.3 Å². The van der Waals surface area contributed by atoms with E-state index in [1.165, 1.54) is 61.2 Å². The zero-order valence-corrected chi connectivity index (χ0v) is 31.3. The van der Waals surface area contributed by atoms with Crippen molar-refractivity contribution in [3.05, 3.63) is 35.9 Å². The summed E-state index contributed by atoms with van der Waals surface area (Å²) in [5.41, 5.74) is 2.76. The van der Waals surface area contributed by atoms with Gasteiger partial charge in [-0.15, -0.1) is 0 Å². The van der Waals surface area contributed by atoms with Crippen molar-refractivity contribution >= 4 is 21.8 Å². The van der Waals surface area contributed by atoms with Gasteiger partial charge in [0.25, 0.3) is 0 Å². The molecule has 0 bridgehead atoms. The minimum atomic E-state index is -3.56. The molecular formula is C40H64N2O4S.